The molecule has 26 heavy (non-hydrogen) atoms. The SMILES string of the molecule is CCN(C(=O)c1ccc(OC(F)F)cc1)[C@H](COC)Cc1ccccc1. The number of benzene rings is 2. The van der Waals surface area contributed by atoms with Gasteiger partial charge in [0.05, 0.1) is 12.6 Å². The van der Waals surface area contributed by atoms with E-state index in [0.29, 0.717) is 25.1 Å². The second-order valence-electron chi connectivity index (χ2n) is 5.79. The van der Waals surface area contributed by atoms with Gasteiger partial charge in [-0.25, -0.2) is 0 Å². The van der Waals surface area contributed by atoms with E-state index in [2.05, 4.69) is 4.74 Å². The van der Waals surface area contributed by atoms with Crippen LogP contribution in [0.1, 0.15) is 22.8 Å². The molecule has 1 atom stereocenters. The molecule has 2 rings (SSSR count). The van der Waals surface area contributed by atoms with E-state index in [0.717, 1.165) is 5.56 Å². The zero-order valence-electron chi connectivity index (χ0n) is 14.9. The maximum absolute atomic E-state index is 12.9. The Bertz CT molecular complexity index is 677. The summed E-state index contributed by atoms with van der Waals surface area (Å²) in [6.45, 7) is -0.0730. The summed E-state index contributed by atoms with van der Waals surface area (Å²) in [6.07, 6.45) is 0.667. The van der Waals surface area contributed by atoms with Gasteiger partial charge in [0.2, 0.25) is 0 Å². The van der Waals surface area contributed by atoms with Crippen molar-refractivity contribution < 1.29 is 23.0 Å². The van der Waals surface area contributed by atoms with Crippen molar-refractivity contribution in [1.29, 1.82) is 0 Å². The molecule has 0 saturated carbocycles. The average molecular weight is 363 g/mol. The highest BCUT2D eigenvalue weighted by atomic mass is 19.3. The van der Waals surface area contributed by atoms with E-state index in [-0.39, 0.29) is 17.7 Å². The molecule has 2 aromatic rings. The second kappa shape index (κ2) is 9.87. The maximum atomic E-state index is 12.9. The zero-order chi connectivity index (χ0) is 18.9. The molecule has 0 radical (unpaired) electrons. The summed E-state index contributed by atoms with van der Waals surface area (Å²) >= 11 is 0. The number of likely N-dealkylation sites (N-methyl/N-ethyl adjacent to an activating group) is 1. The molecule has 1 amide bonds. The number of alkyl halides is 2. The minimum atomic E-state index is -2.89. The van der Waals surface area contributed by atoms with Crippen LogP contribution in [0.3, 0.4) is 0 Å². The van der Waals surface area contributed by atoms with E-state index in [9.17, 15) is 13.6 Å². The molecule has 0 unspecified atom stereocenters. The third kappa shape index (κ3) is 5.52. The normalized spacial score (nSPS) is 12.0. The number of halogens is 2. The largest absolute Gasteiger partial charge is 0.435 e. The summed E-state index contributed by atoms with van der Waals surface area (Å²) in [6, 6.07) is 15.5. The molecule has 0 aromatic heterocycles. The van der Waals surface area contributed by atoms with E-state index in [1.54, 1.807) is 12.0 Å². The molecule has 0 N–H and O–H groups in total. The van der Waals surface area contributed by atoms with Gasteiger partial charge in [-0.3, -0.25) is 4.79 Å². The molecule has 140 valence electrons. The molecule has 0 spiro atoms. The Morgan fingerprint density at radius 3 is 2.27 bits per heavy atom. The highest BCUT2D eigenvalue weighted by Crippen LogP contribution is 2.18. The third-order valence-electron chi connectivity index (χ3n) is 4.04. The molecular weight excluding hydrogens is 340 g/mol. The molecule has 0 fully saturated rings. The van der Waals surface area contributed by atoms with Crippen LogP contribution < -0.4 is 4.74 Å². The minimum absolute atomic E-state index is 0.0253. The van der Waals surface area contributed by atoms with Gasteiger partial charge in [-0.15, -0.1) is 0 Å². The van der Waals surface area contributed by atoms with Crippen molar-refractivity contribution in [2.75, 3.05) is 20.3 Å². The fraction of sp³-hybridized carbons (Fsp3) is 0.350. The first-order valence-corrected chi connectivity index (χ1v) is 8.43. The van der Waals surface area contributed by atoms with Crippen LogP contribution in [0.4, 0.5) is 8.78 Å². The number of rotatable bonds is 9. The zero-order valence-corrected chi connectivity index (χ0v) is 14.9. The molecule has 6 heteroatoms. The van der Waals surface area contributed by atoms with E-state index in [1.807, 2.05) is 37.3 Å². The van der Waals surface area contributed by atoms with Crippen molar-refractivity contribution in [3.05, 3.63) is 65.7 Å². The average Bonchev–Trinajstić information content (AvgIpc) is 2.63. The Morgan fingerprint density at radius 2 is 1.73 bits per heavy atom. The van der Waals surface area contributed by atoms with E-state index in [1.165, 1.54) is 24.3 Å². The van der Waals surface area contributed by atoms with Crippen LogP contribution in [0.25, 0.3) is 0 Å². The number of hydrogen-bond donors (Lipinski definition) is 0. The number of methoxy groups -OCH3 is 1. The van der Waals surface area contributed by atoms with Gasteiger partial charge < -0.3 is 14.4 Å². The summed E-state index contributed by atoms with van der Waals surface area (Å²) < 4.78 is 34.1. The molecule has 0 aliphatic carbocycles. The van der Waals surface area contributed by atoms with Crippen molar-refractivity contribution in [3.63, 3.8) is 0 Å². The van der Waals surface area contributed by atoms with Gasteiger partial charge in [0, 0.05) is 19.2 Å². The summed E-state index contributed by atoms with van der Waals surface area (Å²) in [5.41, 5.74) is 1.53. The van der Waals surface area contributed by atoms with Crippen molar-refractivity contribution in [3.8, 4) is 5.75 Å². The van der Waals surface area contributed by atoms with Crippen LogP contribution >= 0.6 is 0 Å². The maximum Gasteiger partial charge on any atom is 0.387 e. The Morgan fingerprint density at radius 1 is 1.08 bits per heavy atom. The van der Waals surface area contributed by atoms with Gasteiger partial charge in [0.15, 0.2) is 0 Å². The topological polar surface area (TPSA) is 38.8 Å². The number of carbonyl (C=O) groups is 1. The van der Waals surface area contributed by atoms with E-state index in [4.69, 9.17) is 4.74 Å². The summed E-state index contributed by atoms with van der Waals surface area (Å²) in [4.78, 5) is 14.6. The molecule has 0 saturated heterocycles. The molecule has 0 aliphatic heterocycles. The highest BCUT2D eigenvalue weighted by molar-refractivity contribution is 5.94. The van der Waals surface area contributed by atoms with Crippen LogP contribution in [0.15, 0.2) is 54.6 Å². The summed E-state index contributed by atoms with van der Waals surface area (Å²) in [7, 11) is 1.60. The van der Waals surface area contributed by atoms with E-state index < -0.39 is 6.61 Å². The predicted octanol–water partition coefficient (Wildman–Crippen LogP) is 4.01. The Kier molecular flexibility index (Phi) is 7.53. The summed E-state index contributed by atoms with van der Waals surface area (Å²) in [5, 5.41) is 0. The highest BCUT2D eigenvalue weighted by Gasteiger charge is 2.24. The van der Waals surface area contributed by atoms with Gasteiger partial charge in [0.25, 0.3) is 5.91 Å². The molecule has 0 heterocycles. The molecule has 0 bridgehead atoms. The Hall–Kier alpha value is -2.47. The molecule has 2 aromatic carbocycles. The lowest BCUT2D eigenvalue weighted by molar-refractivity contribution is -0.0498. The first kappa shape index (κ1) is 19.8. The van der Waals surface area contributed by atoms with Crippen LogP contribution in [-0.2, 0) is 11.2 Å². The van der Waals surface area contributed by atoms with Gasteiger partial charge in [-0.05, 0) is 43.2 Å². The molecular formula is C20H23F2NO3. The molecule has 0 aliphatic rings. The number of carbonyl (C=O) groups excluding carboxylic acids is 1. The minimum Gasteiger partial charge on any atom is -0.435 e. The van der Waals surface area contributed by atoms with Gasteiger partial charge >= 0.3 is 6.61 Å². The standard InChI is InChI=1S/C20H23F2NO3/c1-3-23(17(14-25-2)13-15-7-5-4-6-8-15)19(24)16-9-11-18(12-10-16)26-20(21)22/h4-12,17,20H,3,13-14H2,1-2H3/t17-/m0/s1. The van der Waals surface area contributed by atoms with Gasteiger partial charge in [-0.2, -0.15) is 8.78 Å². The van der Waals surface area contributed by atoms with Crippen LogP contribution in [0, 0.1) is 0 Å². The predicted molar refractivity (Wildman–Crippen MR) is 95.6 cm³/mol. The Labute approximate surface area is 152 Å². The first-order chi connectivity index (χ1) is 12.5. The lowest BCUT2D eigenvalue weighted by Crippen LogP contribution is -2.44. The lowest BCUT2D eigenvalue weighted by Gasteiger charge is -2.31. The van der Waals surface area contributed by atoms with Crippen molar-refractivity contribution in [2.24, 2.45) is 0 Å². The first-order valence-electron chi connectivity index (χ1n) is 8.43. The van der Waals surface area contributed by atoms with Crippen LogP contribution in [0.2, 0.25) is 0 Å². The fourth-order valence-corrected chi connectivity index (χ4v) is 2.85. The van der Waals surface area contributed by atoms with Crippen molar-refractivity contribution in [1.82, 2.24) is 4.90 Å². The fourth-order valence-electron chi connectivity index (χ4n) is 2.85. The summed E-state index contributed by atoms with van der Waals surface area (Å²) in [5.74, 6) is -0.147. The number of amides is 1. The van der Waals surface area contributed by atoms with Crippen molar-refractivity contribution in [2.45, 2.75) is 26.0 Å². The van der Waals surface area contributed by atoms with Gasteiger partial charge in [-0.1, -0.05) is 30.3 Å². The number of nitrogens with zero attached hydrogens (tertiary/aromatic N) is 1. The van der Waals surface area contributed by atoms with Gasteiger partial charge in [0.1, 0.15) is 5.75 Å². The smallest absolute Gasteiger partial charge is 0.387 e. The monoisotopic (exact) mass is 363 g/mol. The lowest BCUT2D eigenvalue weighted by atomic mass is 10.0. The molecule has 4 nitrogen and oxygen atoms in total. The van der Waals surface area contributed by atoms with E-state index >= 15 is 0 Å². The van der Waals surface area contributed by atoms with Crippen LogP contribution in [0.5, 0.6) is 5.75 Å². The third-order valence-corrected chi connectivity index (χ3v) is 4.04. The number of hydrogen-bond acceptors (Lipinski definition) is 3. The second-order valence-corrected chi connectivity index (χ2v) is 5.79. The van der Waals surface area contributed by atoms with Crippen LogP contribution in [-0.4, -0.2) is 43.7 Å². The van der Waals surface area contributed by atoms with Crippen molar-refractivity contribution >= 4 is 5.91 Å². The Balaban J connectivity index is 2.16. The quantitative estimate of drug-likeness (QED) is 0.676. The number of ether oxygens (including phenoxy) is 2.